The molecule has 8 heteroatoms. The van der Waals surface area contributed by atoms with Crippen molar-refractivity contribution >= 4 is 44.9 Å². The Morgan fingerprint density at radius 1 is 1.06 bits per heavy atom. The number of fused-ring (bicyclic) bond motifs is 2. The highest BCUT2D eigenvalue weighted by atomic mass is 35.5. The van der Waals surface area contributed by atoms with Crippen LogP contribution in [0, 0.1) is 6.92 Å². The van der Waals surface area contributed by atoms with Crippen LogP contribution in [0.1, 0.15) is 59.1 Å². The van der Waals surface area contributed by atoms with Gasteiger partial charge in [0.25, 0.3) is 5.91 Å². The average Bonchev–Trinajstić information content (AvgIpc) is 3.29. The van der Waals surface area contributed by atoms with Crippen molar-refractivity contribution in [1.29, 1.82) is 0 Å². The number of aryl methyl sites for hydroxylation is 1. The van der Waals surface area contributed by atoms with Crippen LogP contribution in [-0.2, 0) is 5.41 Å². The Kier molecular flexibility index (Phi) is 4.72. The second-order valence-corrected chi connectivity index (χ2v) is 10.5. The maximum Gasteiger partial charge on any atom is 0.297 e. The van der Waals surface area contributed by atoms with E-state index in [1.807, 2.05) is 31.2 Å². The summed E-state index contributed by atoms with van der Waals surface area (Å²) in [4.78, 5) is 28.6. The van der Waals surface area contributed by atoms with Gasteiger partial charge in [-0.1, -0.05) is 68.0 Å². The molecular formula is C24H20ClN3O3S. The molecular weight excluding hydrogens is 446 g/mol. The third-order valence-corrected chi connectivity index (χ3v) is 6.72. The van der Waals surface area contributed by atoms with Gasteiger partial charge in [0.05, 0.1) is 17.0 Å². The summed E-state index contributed by atoms with van der Waals surface area (Å²) in [6.45, 7) is 8.23. The highest BCUT2D eigenvalue weighted by Gasteiger charge is 2.45. The van der Waals surface area contributed by atoms with Crippen molar-refractivity contribution in [3.63, 3.8) is 0 Å². The summed E-state index contributed by atoms with van der Waals surface area (Å²) in [5, 5.41) is 10.2. The van der Waals surface area contributed by atoms with Gasteiger partial charge in [0.15, 0.2) is 5.43 Å². The van der Waals surface area contributed by atoms with Crippen LogP contribution in [0.3, 0.4) is 0 Å². The van der Waals surface area contributed by atoms with E-state index in [1.165, 1.54) is 16.2 Å². The molecule has 0 spiro atoms. The molecule has 0 unspecified atom stereocenters. The van der Waals surface area contributed by atoms with Gasteiger partial charge in [0.2, 0.25) is 10.9 Å². The summed E-state index contributed by atoms with van der Waals surface area (Å²) in [7, 11) is 0. The van der Waals surface area contributed by atoms with E-state index in [0.717, 1.165) is 16.1 Å². The molecule has 1 aliphatic rings. The van der Waals surface area contributed by atoms with E-state index >= 15 is 0 Å². The van der Waals surface area contributed by atoms with Crippen LogP contribution in [0.2, 0.25) is 5.02 Å². The largest absolute Gasteiger partial charge is 0.450 e. The van der Waals surface area contributed by atoms with Crippen LogP contribution >= 0.6 is 22.9 Å². The van der Waals surface area contributed by atoms with Gasteiger partial charge in [-0.2, -0.15) is 0 Å². The number of halogens is 1. The quantitative estimate of drug-likeness (QED) is 0.382. The van der Waals surface area contributed by atoms with Crippen LogP contribution in [0.15, 0.2) is 51.7 Å². The first-order valence-electron chi connectivity index (χ1n) is 10.2. The van der Waals surface area contributed by atoms with Gasteiger partial charge in [-0.25, -0.2) is 0 Å². The molecule has 0 bridgehead atoms. The van der Waals surface area contributed by atoms with Gasteiger partial charge in [0.1, 0.15) is 10.6 Å². The fourth-order valence-corrected chi connectivity index (χ4v) is 4.89. The Bertz CT molecular complexity index is 1430. The summed E-state index contributed by atoms with van der Waals surface area (Å²) >= 11 is 7.43. The number of carbonyl (C=O) groups excluding carboxylic acids is 1. The molecule has 4 aromatic rings. The summed E-state index contributed by atoms with van der Waals surface area (Å²) < 4.78 is 5.95. The number of aromatic nitrogens is 2. The molecule has 0 aliphatic carbocycles. The smallest absolute Gasteiger partial charge is 0.297 e. The first kappa shape index (κ1) is 20.8. The molecule has 2 aromatic heterocycles. The van der Waals surface area contributed by atoms with Gasteiger partial charge in [-0.15, -0.1) is 10.2 Å². The van der Waals surface area contributed by atoms with Crippen LogP contribution in [0.5, 0.6) is 0 Å². The first-order valence-corrected chi connectivity index (χ1v) is 11.3. The van der Waals surface area contributed by atoms with Gasteiger partial charge >= 0.3 is 0 Å². The van der Waals surface area contributed by atoms with E-state index in [0.29, 0.717) is 26.7 Å². The van der Waals surface area contributed by atoms with Gasteiger partial charge in [-0.05, 0) is 41.7 Å². The maximum absolute atomic E-state index is 13.6. The van der Waals surface area contributed by atoms with Gasteiger partial charge in [0, 0.05) is 5.02 Å². The summed E-state index contributed by atoms with van der Waals surface area (Å²) in [5.41, 5.74) is 2.27. The molecule has 1 amide bonds. The molecule has 162 valence electrons. The summed E-state index contributed by atoms with van der Waals surface area (Å²) in [6, 6.07) is 12.1. The van der Waals surface area contributed by atoms with E-state index in [2.05, 4.69) is 31.0 Å². The van der Waals surface area contributed by atoms with E-state index in [4.69, 9.17) is 16.0 Å². The fraction of sp³-hybridized carbons (Fsp3) is 0.250. The molecule has 0 fully saturated rings. The highest BCUT2D eigenvalue weighted by Crippen LogP contribution is 2.42. The van der Waals surface area contributed by atoms with Crippen LogP contribution in [0.25, 0.3) is 11.0 Å². The number of amides is 1. The number of benzene rings is 2. The zero-order valence-corrected chi connectivity index (χ0v) is 19.5. The normalized spacial score (nSPS) is 16.1. The van der Waals surface area contributed by atoms with Crippen molar-refractivity contribution < 1.29 is 9.21 Å². The lowest BCUT2D eigenvalue weighted by molar-refractivity contribution is 0.0970. The molecule has 32 heavy (non-hydrogen) atoms. The second kappa shape index (κ2) is 7.25. The third kappa shape index (κ3) is 3.24. The van der Waals surface area contributed by atoms with E-state index in [-0.39, 0.29) is 16.6 Å². The Balaban J connectivity index is 1.77. The van der Waals surface area contributed by atoms with Crippen LogP contribution in [0.4, 0.5) is 5.13 Å². The molecule has 0 N–H and O–H groups in total. The average molecular weight is 466 g/mol. The Morgan fingerprint density at radius 3 is 2.41 bits per heavy atom. The maximum atomic E-state index is 13.6. The topological polar surface area (TPSA) is 76.3 Å². The minimum absolute atomic E-state index is 0.0239. The molecule has 6 nitrogen and oxygen atoms in total. The monoisotopic (exact) mass is 465 g/mol. The van der Waals surface area contributed by atoms with Crippen molar-refractivity contribution in [1.82, 2.24) is 10.2 Å². The van der Waals surface area contributed by atoms with E-state index < -0.39 is 11.9 Å². The fourth-order valence-electron chi connectivity index (χ4n) is 4.01. The number of anilines is 1. The zero-order valence-electron chi connectivity index (χ0n) is 18.0. The zero-order chi connectivity index (χ0) is 22.8. The Hall–Kier alpha value is -3.03. The molecule has 1 aliphatic heterocycles. The number of hydrogen-bond acceptors (Lipinski definition) is 6. The van der Waals surface area contributed by atoms with Crippen molar-refractivity contribution in [2.45, 2.75) is 39.2 Å². The molecule has 3 heterocycles. The third-order valence-electron chi connectivity index (χ3n) is 5.65. The molecule has 0 radical (unpaired) electrons. The Labute approximate surface area is 193 Å². The van der Waals surface area contributed by atoms with Gasteiger partial charge in [-0.3, -0.25) is 14.5 Å². The van der Waals surface area contributed by atoms with Crippen LogP contribution < -0.4 is 10.3 Å². The van der Waals surface area contributed by atoms with Gasteiger partial charge < -0.3 is 4.42 Å². The summed E-state index contributed by atoms with van der Waals surface area (Å²) in [6.07, 6.45) is 0. The van der Waals surface area contributed by atoms with Crippen LogP contribution in [-0.4, -0.2) is 16.1 Å². The summed E-state index contributed by atoms with van der Waals surface area (Å²) in [5.74, 6) is -0.377. The molecule has 1 atom stereocenters. The lowest BCUT2D eigenvalue weighted by atomic mass is 9.86. The molecule has 0 saturated heterocycles. The predicted molar refractivity (Wildman–Crippen MR) is 126 cm³/mol. The number of carbonyl (C=O) groups is 1. The SMILES string of the molecule is Cc1nnc(N2C(=O)c3oc4ccc(Cl)cc4c(=O)c3[C@H]2c2ccc(C(C)(C)C)cc2)s1. The standard InChI is InChI=1S/C24H20ClN3O3S/c1-12-26-27-23(32-12)28-19(13-5-7-14(8-6-13)24(2,3)4)18-20(29)16-11-15(25)9-10-17(16)31-21(18)22(28)30/h5-11,19H,1-4H3/t19-/m1/s1. The first-order chi connectivity index (χ1) is 15.1. The van der Waals surface area contributed by atoms with Crippen molar-refractivity contribution in [2.75, 3.05) is 4.90 Å². The second-order valence-electron chi connectivity index (χ2n) is 8.87. The predicted octanol–water partition coefficient (Wildman–Crippen LogP) is 5.65. The number of hydrogen-bond donors (Lipinski definition) is 0. The Morgan fingerprint density at radius 2 is 1.78 bits per heavy atom. The molecule has 5 rings (SSSR count). The number of rotatable bonds is 2. The van der Waals surface area contributed by atoms with E-state index in [1.54, 1.807) is 18.2 Å². The highest BCUT2D eigenvalue weighted by molar-refractivity contribution is 7.15. The van der Waals surface area contributed by atoms with Crippen molar-refractivity contribution in [2.24, 2.45) is 0 Å². The minimum Gasteiger partial charge on any atom is -0.450 e. The van der Waals surface area contributed by atoms with Crippen molar-refractivity contribution in [3.05, 3.63) is 85.2 Å². The van der Waals surface area contributed by atoms with Crippen molar-refractivity contribution in [3.8, 4) is 0 Å². The minimum atomic E-state index is -0.668. The molecule has 0 saturated carbocycles. The molecule has 2 aromatic carbocycles. The number of nitrogens with zero attached hydrogens (tertiary/aromatic N) is 3. The lowest BCUT2D eigenvalue weighted by Crippen LogP contribution is -2.29. The lowest BCUT2D eigenvalue weighted by Gasteiger charge is -2.24. The van der Waals surface area contributed by atoms with E-state index in [9.17, 15) is 9.59 Å².